The number of para-hydroxylation sites is 3. The molecule has 0 saturated heterocycles. The van der Waals surface area contributed by atoms with Crippen LogP contribution < -0.4 is 0 Å². The summed E-state index contributed by atoms with van der Waals surface area (Å²) in [4.78, 5) is 9.85. The minimum absolute atomic E-state index is 0.667. The predicted octanol–water partition coefficient (Wildman–Crippen LogP) is 5.09. The lowest BCUT2D eigenvalue weighted by atomic mass is 10.1. The lowest BCUT2D eigenvalue weighted by Gasteiger charge is -2.10. The second kappa shape index (κ2) is 5.34. The van der Waals surface area contributed by atoms with Crippen LogP contribution in [0.5, 0.6) is 0 Å². The molecule has 0 spiro atoms. The molecule has 0 bridgehead atoms. The van der Waals surface area contributed by atoms with Crippen LogP contribution in [0.3, 0.4) is 0 Å². The maximum atomic E-state index is 4.93. The van der Waals surface area contributed by atoms with Crippen molar-refractivity contribution in [3.05, 3.63) is 48.0 Å². The van der Waals surface area contributed by atoms with E-state index in [1.54, 1.807) is 0 Å². The zero-order chi connectivity index (χ0) is 16.0. The number of aryl methyl sites for hydroxylation is 2. The van der Waals surface area contributed by atoms with E-state index in [0.717, 1.165) is 35.2 Å². The van der Waals surface area contributed by atoms with Gasteiger partial charge in [-0.15, -0.1) is 0 Å². The van der Waals surface area contributed by atoms with Crippen molar-refractivity contribution in [2.24, 2.45) is 5.92 Å². The second-order valence-electron chi connectivity index (χ2n) is 6.69. The van der Waals surface area contributed by atoms with Crippen LogP contribution in [0.2, 0.25) is 0 Å². The Balaban J connectivity index is 2.10. The molecule has 4 rings (SSSR count). The minimum Gasteiger partial charge on any atom is -0.324 e. The predicted molar refractivity (Wildman–Crippen MR) is 96.7 cm³/mol. The van der Waals surface area contributed by atoms with Crippen molar-refractivity contribution in [2.75, 3.05) is 0 Å². The van der Waals surface area contributed by atoms with Gasteiger partial charge in [0.25, 0.3) is 0 Å². The minimum atomic E-state index is 0.667. The molecule has 0 radical (unpaired) electrons. The van der Waals surface area contributed by atoms with Gasteiger partial charge in [0.2, 0.25) is 0 Å². The van der Waals surface area contributed by atoms with Crippen LogP contribution in [0.1, 0.15) is 25.8 Å². The molecular weight excluding hydrogens is 282 g/mol. The van der Waals surface area contributed by atoms with Gasteiger partial charge in [-0.2, -0.15) is 0 Å². The molecule has 0 atom stereocenters. The van der Waals surface area contributed by atoms with Gasteiger partial charge in [-0.3, -0.25) is 0 Å². The highest BCUT2D eigenvalue weighted by molar-refractivity contribution is 6.07. The van der Waals surface area contributed by atoms with Crippen molar-refractivity contribution in [1.82, 2.24) is 14.5 Å². The van der Waals surface area contributed by atoms with Crippen LogP contribution in [-0.2, 0) is 6.54 Å². The summed E-state index contributed by atoms with van der Waals surface area (Å²) in [6.07, 6.45) is 1.14. The Bertz CT molecular complexity index is 1010. The Morgan fingerprint density at radius 3 is 2.43 bits per heavy atom. The van der Waals surface area contributed by atoms with Gasteiger partial charge < -0.3 is 4.57 Å². The summed E-state index contributed by atoms with van der Waals surface area (Å²) in [5.41, 5.74) is 6.52. The normalized spacial score (nSPS) is 12.0. The molecule has 3 heteroatoms. The molecule has 116 valence electrons. The van der Waals surface area contributed by atoms with Crippen molar-refractivity contribution in [2.45, 2.75) is 33.7 Å². The summed E-state index contributed by atoms with van der Waals surface area (Å²) in [5.74, 6) is 0.667. The van der Waals surface area contributed by atoms with Gasteiger partial charge in [-0.25, -0.2) is 9.97 Å². The third-order valence-corrected chi connectivity index (χ3v) is 4.50. The van der Waals surface area contributed by atoms with Gasteiger partial charge in [-0.05, 0) is 37.0 Å². The molecule has 2 heterocycles. The summed E-state index contributed by atoms with van der Waals surface area (Å²) in [7, 11) is 0. The van der Waals surface area contributed by atoms with Crippen LogP contribution >= 0.6 is 0 Å². The summed E-state index contributed by atoms with van der Waals surface area (Å²) in [6, 6.07) is 14.6. The number of benzene rings is 2. The average molecular weight is 303 g/mol. The average Bonchev–Trinajstić information content (AvgIpc) is 2.85. The Kier molecular flexibility index (Phi) is 3.29. The van der Waals surface area contributed by atoms with E-state index < -0.39 is 0 Å². The standard InChI is InChI=1S/C20H21N3/c1-13(2)11-12-23-19-14(3)7-6-8-15(19)18-20(23)22-17-10-5-4-9-16(17)21-18/h4-10,13H,11-12H2,1-3H3. The monoisotopic (exact) mass is 303 g/mol. The number of hydrogen-bond donors (Lipinski definition) is 0. The Labute approximate surface area is 136 Å². The van der Waals surface area contributed by atoms with Crippen molar-refractivity contribution in [3.8, 4) is 0 Å². The van der Waals surface area contributed by atoms with Gasteiger partial charge in [0.15, 0.2) is 5.65 Å². The summed E-state index contributed by atoms with van der Waals surface area (Å²) < 4.78 is 2.36. The van der Waals surface area contributed by atoms with Gasteiger partial charge in [0.05, 0.1) is 16.6 Å². The van der Waals surface area contributed by atoms with Crippen molar-refractivity contribution in [3.63, 3.8) is 0 Å². The molecule has 0 fully saturated rings. The van der Waals surface area contributed by atoms with Crippen molar-refractivity contribution < 1.29 is 0 Å². The first-order valence-electron chi connectivity index (χ1n) is 8.29. The molecule has 0 unspecified atom stereocenters. The van der Waals surface area contributed by atoms with Crippen LogP contribution in [0.15, 0.2) is 42.5 Å². The lowest BCUT2D eigenvalue weighted by Crippen LogP contribution is -2.03. The maximum Gasteiger partial charge on any atom is 0.160 e. The third kappa shape index (κ3) is 2.27. The number of fused-ring (bicyclic) bond motifs is 4. The van der Waals surface area contributed by atoms with Crippen LogP contribution in [-0.4, -0.2) is 14.5 Å². The topological polar surface area (TPSA) is 30.7 Å². The first-order chi connectivity index (χ1) is 11.1. The zero-order valence-corrected chi connectivity index (χ0v) is 13.9. The van der Waals surface area contributed by atoms with Gasteiger partial charge in [0, 0.05) is 11.9 Å². The fourth-order valence-corrected chi connectivity index (χ4v) is 3.28. The zero-order valence-electron chi connectivity index (χ0n) is 13.9. The van der Waals surface area contributed by atoms with E-state index >= 15 is 0 Å². The molecule has 2 aromatic heterocycles. The quantitative estimate of drug-likeness (QED) is 0.527. The largest absolute Gasteiger partial charge is 0.324 e. The molecule has 0 amide bonds. The molecule has 0 aliphatic carbocycles. The Morgan fingerprint density at radius 1 is 0.957 bits per heavy atom. The summed E-state index contributed by atoms with van der Waals surface area (Å²) in [6.45, 7) is 7.69. The summed E-state index contributed by atoms with van der Waals surface area (Å²) in [5, 5.41) is 1.21. The number of hydrogen-bond acceptors (Lipinski definition) is 2. The molecule has 0 N–H and O–H groups in total. The first kappa shape index (κ1) is 14.2. The van der Waals surface area contributed by atoms with E-state index in [0.29, 0.717) is 5.92 Å². The van der Waals surface area contributed by atoms with Gasteiger partial charge >= 0.3 is 0 Å². The summed E-state index contributed by atoms with van der Waals surface area (Å²) >= 11 is 0. The molecule has 0 aliphatic heterocycles. The molecule has 0 aliphatic rings. The molecule has 4 aromatic rings. The fourth-order valence-electron chi connectivity index (χ4n) is 3.28. The van der Waals surface area contributed by atoms with E-state index in [9.17, 15) is 0 Å². The third-order valence-electron chi connectivity index (χ3n) is 4.50. The fraction of sp³-hybridized carbons (Fsp3) is 0.300. The molecular formula is C20H21N3. The van der Waals surface area contributed by atoms with Gasteiger partial charge in [0.1, 0.15) is 5.52 Å². The highest BCUT2D eigenvalue weighted by atomic mass is 15.1. The molecule has 2 aromatic carbocycles. The van der Waals surface area contributed by atoms with Crippen molar-refractivity contribution in [1.29, 1.82) is 0 Å². The highest BCUT2D eigenvalue weighted by Crippen LogP contribution is 2.30. The Morgan fingerprint density at radius 2 is 1.70 bits per heavy atom. The second-order valence-corrected chi connectivity index (χ2v) is 6.69. The van der Waals surface area contributed by atoms with E-state index in [1.807, 2.05) is 24.3 Å². The molecule has 0 saturated carbocycles. The molecule has 3 nitrogen and oxygen atoms in total. The number of nitrogens with zero attached hydrogens (tertiary/aromatic N) is 3. The van der Waals surface area contributed by atoms with Crippen LogP contribution in [0.4, 0.5) is 0 Å². The molecule has 23 heavy (non-hydrogen) atoms. The number of aromatic nitrogens is 3. The number of rotatable bonds is 3. The van der Waals surface area contributed by atoms with E-state index in [-0.39, 0.29) is 0 Å². The van der Waals surface area contributed by atoms with Crippen molar-refractivity contribution >= 4 is 33.1 Å². The highest BCUT2D eigenvalue weighted by Gasteiger charge is 2.15. The smallest absolute Gasteiger partial charge is 0.160 e. The van der Waals surface area contributed by atoms with E-state index in [4.69, 9.17) is 9.97 Å². The van der Waals surface area contributed by atoms with Crippen LogP contribution in [0, 0.1) is 12.8 Å². The van der Waals surface area contributed by atoms with Gasteiger partial charge in [-0.1, -0.05) is 44.2 Å². The van der Waals surface area contributed by atoms with E-state index in [2.05, 4.69) is 43.5 Å². The first-order valence-corrected chi connectivity index (χ1v) is 8.29. The Hall–Kier alpha value is -2.42. The SMILES string of the molecule is Cc1cccc2c3nc4ccccc4nc3n(CCC(C)C)c12. The van der Waals surface area contributed by atoms with E-state index in [1.165, 1.54) is 16.5 Å². The van der Waals surface area contributed by atoms with Crippen LogP contribution in [0.25, 0.3) is 33.1 Å². The maximum absolute atomic E-state index is 4.93. The lowest BCUT2D eigenvalue weighted by molar-refractivity contribution is 0.529.